The van der Waals surface area contributed by atoms with E-state index in [1.165, 1.54) is 33.4 Å². The van der Waals surface area contributed by atoms with Crippen LogP contribution >= 0.6 is 0 Å². The van der Waals surface area contributed by atoms with Crippen LogP contribution in [0.3, 0.4) is 0 Å². The van der Waals surface area contributed by atoms with Gasteiger partial charge in [0.1, 0.15) is 0 Å². The lowest BCUT2D eigenvalue weighted by molar-refractivity contribution is 1.32. The molecular formula is C18H20. The highest BCUT2D eigenvalue weighted by Gasteiger charge is 1.99. The Bertz CT molecular complexity index is 535. The van der Waals surface area contributed by atoms with Crippen LogP contribution in [0.4, 0.5) is 0 Å². The maximum Gasteiger partial charge on any atom is -0.0224 e. The van der Waals surface area contributed by atoms with Gasteiger partial charge in [-0.1, -0.05) is 48.6 Å². The summed E-state index contributed by atoms with van der Waals surface area (Å²) in [5.41, 5.74) is 8.01. The van der Waals surface area contributed by atoms with Crippen LogP contribution in [-0.2, 0) is 0 Å². The summed E-state index contributed by atoms with van der Waals surface area (Å²) in [5.74, 6) is 0. The fraction of sp³-hybridized carbons (Fsp3) is 0.222. The van der Waals surface area contributed by atoms with Crippen LogP contribution < -0.4 is 0 Å². The van der Waals surface area contributed by atoms with Crippen LogP contribution in [0.1, 0.15) is 33.4 Å². The van der Waals surface area contributed by atoms with Crippen molar-refractivity contribution in [2.75, 3.05) is 0 Å². The molecule has 2 rings (SSSR count). The Morgan fingerprint density at radius 3 is 1.39 bits per heavy atom. The molecular weight excluding hydrogens is 216 g/mol. The Balaban J connectivity index is 2.36. The first-order valence-corrected chi connectivity index (χ1v) is 6.40. The average Bonchev–Trinajstić information content (AvgIpc) is 2.36. The van der Waals surface area contributed by atoms with E-state index in [9.17, 15) is 0 Å². The third kappa shape index (κ3) is 2.53. The van der Waals surface area contributed by atoms with Crippen molar-refractivity contribution in [2.45, 2.75) is 27.7 Å². The lowest BCUT2D eigenvalue weighted by atomic mass is 10.00. The van der Waals surface area contributed by atoms with Gasteiger partial charge in [0, 0.05) is 0 Å². The summed E-state index contributed by atoms with van der Waals surface area (Å²) in [6.45, 7) is 8.67. The molecule has 0 aliphatic rings. The molecule has 0 nitrogen and oxygen atoms in total. The molecule has 0 radical (unpaired) electrons. The van der Waals surface area contributed by atoms with Crippen molar-refractivity contribution in [1.29, 1.82) is 0 Å². The van der Waals surface area contributed by atoms with Gasteiger partial charge in [-0.15, -0.1) is 0 Å². The van der Waals surface area contributed by atoms with Crippen molar-refractivity contribution in [3.63, 3.8) is 0 Å². The van der Waals surface area contributed by atoms with E-state index in [0.29, 0.717) is 0 Å². The van der Waals surface area contributed by atoms with Gasteiger partial charge in [-0.3, -0.25) is 0 Å². The molecule has 0 spiro atoms. The summed E-state index contributed by atoms with van der Waals surface area (Å²) in [6, 6.07) is 12.9. The topological polar surface area (TPSA) is 0 Å². The van der Waals surface area contributed by atoms with Gasteiger partial charge in [0.2, 0.25) is 0 Å². The van der Waals surface area contributed by atoms with Crippen molar-refractivity contribution >= 4 is 12.2 Å². The van der Waals surface area contributed by atoms with E-state index in [-0.39, 0.29) is 0 Å². The summed E-state index contributed by atoms with van der Waals surface area (Å²) >= 11 is 0. The molecule has 0 aromatic heterocycles. The predicted octanol–water partition coefficient (Wildman–Crippen LogP) is 5.09. The SMILES string of the molecule is Cc1cccc(/C=C/c2cccc(C)c2C)c1C. The lowest BCUT2D eigenvalue weighted by Crippen LogP contribution is -1.86. The highest BCUT2D eigenvalue weighted by molar-refractivity contribution is 5.73. The molecule has 0 saturated heterocycles. The summed E-state index contributed by atoms with van der Waals surface area (Å²) in [7, 11) is 0. The molecule has 0 fully saturated rings. The Kier molecular flexibility index (Phi) is 3.66. The third-order valence-electron chi connectivity index (χ3n) is 3.74. The van der Waals surface area contributed by atoms with E-state index in [2.05, 4.69) is 76.2 Å². The van der Waals surface area contributed by atoms with Crippen LogP contribution in [0.2, 0.25) is 0 Å². The Morgan fingerprint density at radius 1 is 0.611 bits per heavy atom. The second-order valence-corrected chi connectivity index (χ2v) is 4.91. The molecule has 0 saturated carbocycles. The van der Waals surface area contributed by atoms with Gasteiger partial charge in [-0.05, 0) is 61.1 Å². The van der Waals surface area contributed by atoms with Crippen LogP contribution in [-0.4, -0.2) is 0 Å². The number of benzene rings is 2. The molecule has 0 bridgehead atoms. The first-order chi connectivity index (χ1) is 8.59. The molecule has 2 aromatic carbocycles. The molecule has 18 heavy (non-hydrogen) atoms. The molecule has 0 unspecified atom stereocenters. The normalized spacial score (nSPS) is 11.1. The van der Waals surface area contributed by atoms with Crippen LogP contribution in [0.15, 0.2) is 36.4 Å². The maximum absolute atomic E-state index is 2.21. The predicted molar refractivity (Wildman–Crippen MR) is 80.8 cm³/mol. The van der Waals surface area contributed by atoms with Gasteiger partial charge in [-0.2, -0.15) is 0 Å². The van der Waals surface area contributed by atoms with E-state index in [1.54, 1.807) is 0 Å². The van der Waals surface area contributed by atoms with Crippen molar-refractivity contribution in [1.82, 2.24) is 0 Å². The van der Waals surface area contributed by atoms with Gasteiger partial charge in [-0.25, -0.2) is 0 Å². The summed E-state index contributed by atoms with van der Waals surface area (Å²) in [6.07, 6.45) is 4.42. The van der Waals surface area contributed by atoms with Gasteiger partial charge in [0.25, 0.3) is 0 Å². The standard InChI is InChI=1S/C18H20/c1-13-7-5-9-17(15(13)3)11-12-18-10-6-8-14(2)16(18)4/h5-12H,1-4H3/b12-11+. The Morgan fingerprint density at radius 2 is 1.00 bits per heavy atom. The van der Waals surface area contributed by atoms with E-state index in [1.807, 2.05) is 0 Å². The molecule has 0 amide bonds. The molecule has 0 heterocycles. The number of rotatable bonds is 2. The van der Waals surface area contributed by atoms with Crippen LogP contribution in [0.25, 0.3) is 12.2 Å². The molecule has 0 aliphatic heterocycles. The smallest absolute Gasteiger partial charge is 0.0224 e. The van der Waals surface area contributed by atoms with Crippen molar-refractivity contribution in [3.8, 4) is 0 Å². The van der Waals surface area contributed by atoms with E-state index in [0.717, 1.165) is 0 Å². The largest absolute Gasteiger partial charge is 0.0614 e. The summed E-state index contributed by atoms with van der Waals surface area (Å²) in [5, 5.41) is 0. The fourth-order valence-corrected chi connectivity index (χ4v) is 2.09. The highest BCUT2D eigenvalue weighted by Crippen LogP contribution is 2.18. The van der Waals surface area contributed by atoms with Gasteiger partial charge in [0.05, 0.1) is 0 Å². The average molecular weight is 236 g/mol. The molecule has 92 valence electrons. The third-order valence-corrected chi connectivity index (χ3v) is 3.74. The van der Waals surface area contributed by atoms with Crippen molar-refractivity contribution in [3.05, 3.63) is 69.8 Å². The fourth-order valence-electron chi connectivity index (χ4n) is 2.09. The first-order valence-electron chi connectivity index (χ1n) is 6.40. The summed E-state index contributed by atoms with van der Waals surface area (Å²) < 4.78 is 0. The van der Waals surface area contributed by atoms with Crippen molar-refractivity contribution in [2.24, 2.45) is 0 Å². The van der Waals surface area contributed by atoms with Crippen LogP contribution in [0.5, 0.6) is 0 Å². The van der Waals surface area contributed by atoms with Crippen LogP contribution in [0, 0.1) is 27.7 Å². The minimum absolute atomic E-state index is 1.30. The van der Waals surface area contributed by atoms with Gasteiger partial charge < -0.3 is 0 Å². The lowest BCUT2D eigenvalue weighted by Gasteiger charge is -2.06. The Labute approximate surface area is 110 Å². The Hall–Kier alpha value is -1.82. The second kappa shape index (κ2) is 5.22. The highest BCUT2D eigenvalue weighted by atomic mass is 14.0. The number of hydrogen-bond donors (Lipinski definition) is 0. The maximum atomic E-state index is 2.21. The zero-order chi connectivity index (χ0) is 13.1. The summed E-state index contributed by atoms with van der Waals surface area (Å²) in [4.78, 5) is 0. The first kappa shape index (κ1) is 12.6. The number of aryl methyl sites for hydroxylation is 2. The van der Waals surface area contributed by atoms with E-state index >= 15 is 0 Å². The minimum Gasteiger partial charge on any atom is -0.0614 e. The number of hydrogen-bond acceptors (Lipinski definition) is 0. The quantitative estimate of drug-likeness (QED) is 0.637. The molecule has 0 aliphatic carbocycles. The monoisotopic (exact) mass is 236 g/mol. The zero-order valence-electron chi connectivity index (χ0n) is 11.6. The van der Waals surface area contributed by atoms with Gasteiger partial charge in [0.15, 0.2) is 0 Å². The minimum atomic E-state index is 1.30. The molecule has 0 atom stereocenters. The molecule has 0 N–H and O–H groups in total. The zero-order valence-corrected chi connectivity index (χ0v) is 11.6. The van der Waals surface area contributed by atoms with Gasteiger partial charge >= 0.3 is 0 Å². The van der Waals surface area contributed by atoms with E-state index in [4.69, 9.17) is 0 Å². The second-order valence-electron chi connectivity index (χ2n) is 4.91. The molecule has 2 aromatic rings. The molecule has 0 heteroatoms. The van der Waals surface area contributed by atoms with E-state index < -0.39 is 0 Å². The van der Waals surface area contributed by atoms with Crippen molar-refractivity contribution < 1.29 is 0 Å².